The number of halogens is 1. The molecule has 0 saturated carbocycles. The van der Waals surface area contributed by atoms with Gasteiger partial charge in [0.1, 0.15) is 6.54 Å². The number of amides is 1. The maximum Gasteiger partial charge on any atom is 0.325 e. The van der Waals surface area contributed by atoms with Crippen molar-refractivity contribution < 1.29 is 14.7 Å². The fraction of sp³-hybridized carbons (Fsp3) is 0.273. The summed E-state index contributed by atoms with van der Waals surface area (Å²) in [5, 5.41) is 18.4. The lowest BCUT2D eigenvalue weighted by molar-refractivity contribution is -0.137. The molecule has 106 valence electrons. The van der Waals surface area contributed by atoms with E-state index < -0.39 is 5.97 Å². The number of thiophene rings is 1. The number of rotatable bonds is 6. The first kappa shape index (κ1) is 14.5. The van der Waals surface area contributed by atoms with Gasteiger partial charge in [-0.15, -0.1) is 16.4 Å². The van der Waals surface area contributed by atoms with Crippen molar-refractivity contribution in [3.63, 3.8) is 0 Å². The molecule has 20 heavy (non-hydrogen) atoms. The quantitative estimate of drug-likeness (QED) is 0.830. The highest BCUT2D eigenvalue weighted by atomic mass is 35.5. The average Bonchev–Trinajstić information content (AvgIpc) is 2.98. The Morgan fingerprint density at radius 1 is 1.45 bits per heavy atom. The van der Waals surface area contributed by atoms with E-state index in [0.717, 1.165) is 9.56 Å². The van der Waals surface area contributed by atoms with Crippen LogP contribution in [0.3, 0.4) is 0 Å². The van der Waals surface area contributed by atoms with Crippen molar-refractivity contribution in [2.24, 2.45) is 0 Å². The van der Waals surface area contributed by atoms with Crippen LogP contribution in [0.25, 0.3) is 0 Å². The first-order chi connectivity index (χ1) is 9.54. The molecule has 7 nitrogen and oxygen atoms in total. The molecular weight excluding hydrogens is 304 g/mol. The van der Waals surface area contributed by atoms with Crippen LogP contribution >= 0.6 is 22.9 Å². The zero-order chi connectivity index (χ0) is 14.5. The molecule has 1 amide bonds. The molecule has 0 atom stereocenters. The van der Waals surface area contributed by atoms with Crippen molar-refractivity contribution in [1.82, 2.24) is 20.3 Å². The Morgan fingerprint density at radius 3 is 2.90 bits per heavy atom. The molecule has 0 aromatic carbocycles. The van der Waals surface area contributed by atoms with Crippen LogP contribution in [0.5, 0.6) is 0 Å². The van der Waals surface area contributed by atoms with Crippen molar-refractivity contribution in [2.75, 3.05) is 6.54 Å². The van der Waals surface area contributed by atoms with Crippen LogP contribution in [0, 0.1) is 0 Å². The molecule has 0 aliphatic carbocycles. The fourth-order valence-corrected chi connectivity index (χ4v) is 2.58. The van der Waals surface area contributed by atoms with E-state index in [1.54, 1.807) is 6.07 Å². The molecule has 0 unspecified atom stereocenters. The molecule has 0 saturated heterocycles. The summed E-state index contributed by atoms with van der Waals surface area (Å²) in [7, 11) is 0. The fourth-order valence-electron chi connectivity index (χ4n) is 1.49. The van der Waals surface area contributed by atoms with E-state index in [-0.39, 0.29) is 18.1 Å². The highest BCUT2D eigenvalue weighted by Gasteiger charge is 2.11. The highest BCUT2D eigenvalue weighted by molar-refractivity contribution is 7.16. The molecule has 0 radical (unpaired) electrons. The van der Waals surface area contributed by atoms with E-state index >= 15 is 0 Å². The zero-order valence-electron chi connectivity index (χ0n) is 10.2. The summed E-state index contributed by atoms with van der Waals surface area (Å²) < 4.78 is 1.80. The van der Waals surface area contributed by atoms with E-state index in [4.69, 9.17) is 16.7 Å². The first-order valence-electron chi connectivity index (χ1n) is 5.69. The standard InChI is InChI=1S/C11H11ClN4O3S/c12-9-2-1-7(20-9)3-4-13-11(19)8-5-16(15-14-8)6-10(17)18/h1-2,5H,3-4,6H2,(H,13,19)(H,17,18). The number of carboxylic acid groups (broad SMARTS) is 1. The number of nitrogens with one attached hydrogen (secondary N) is 1. The number of carbonyl (C=O) groups is 2. The molecule has 0 aliphatic heterocycles. The SMILES string of the molecule is O=C(O)Cn1cc(C(=O)NCCc2ccc(Cl)s2)nn1. The summed E-state index contributed by atoms with van der Waals surface area (Å²) in [4.78, 5) is 23.3. The minimum Gasteiger partial charge on any atom is -0.480 e. The Bertz CT molecular complexity index is 625. The molecule has 9 heteroatoms. The summed E-state index contributed by atoms with van der Waals surface area (Å²) in [6, 6.07) is 3.71. The molecule has 2 aromatic heterocycles. The minimum absolute atomic E-state index is 0.0930. The molecule has 2 N–H and O–H groups in total. The number of carbonyl (C=O) groups excluding carboxylic acids is 1. The van der Waals surface area contributed by atoms with Crippen LogP contribution in [0.15, 0.2) is 18.3 Å². The highest BCUT2D eigenvalue weighted by Crippen LogP contribution is 2.21. The third-order valence-electron chi connectivity index (χ3n) is 2.35. The van der Waals surface area contributed by atoms with Crippen molar-refractivity contribution in [3.8, 4) is 0 Å². The van der Waals surface area contributed by atoms with Gasteiger partial charge in [0.05, 0.1) is 10.5 Å². The number of carboxylic acids is 1. The van der Waals surface area contributed by atoms with E-state index in [2.05, 4.69) is 15.6 Å². The van der Waals surface area contributed by atoms with Crippen molar-refractivity contribution in [2.45, 2.75) is 13.0 Å². The van der Waals surface area contributed by atoms with Crippen LogP contribution in [-0.2, 0) is 17.8 Å². The summed E-state index contributed by atoms with van der Waals surface area (Å²) in [6.45, 7) is 0.120. The third kappa shape index (κ3) is 4.04. The van der Waals surface area contributed by atoms with Gasteiger partial charge in [0, 0.05) is 11.4 Å². The zero-order valence-corrected chi connectivity index (χ0v) is 11.8. The predicted molar refractivity (Wildman–Crippen MR) is 73.0 cm³/mol. The number of hydrogen-bond donors (Lipinski definition) is 2. The van der Waals surface area contributed by atoms with Gasteiger partial charge < -0.3 is 10.4 Å². The number of nitrogens with zero attached hydrogens (tertiary/aromatic N) is 3. The lowest BCUT2D eigenvalue weighted by atomic mass is 10.3. The number of aliphatic carboxylic acids is 1. The second kappa shape index (κ2) is 6.49. The van der Waals surface area contributed by atoms with Gasteiger partial charge in [0.2, 0.25) is 0 Å². The van der Waals surface area contributed by atoms with Crippen molar-refractivity contribution in [1.29, 1.82) is 0 Å². The summed E-state index contributed by atoms with van der Waals surface area (Å²) in [5.41, 5.74) is 0.0930. The van der Waals surface area contributed by atoms with Gasteiger partial charge in [-0.2, -0.15) is 0 Å². The monoisotopic (exact) mass is 314 g/mol. The van der Waals surface area contributed by atoms with Gasteiger partial charge in [-0.25, -0.2) is 4.68 Å². The van der Waals surface area contributed by atoms with Gasteiger partial charge >= 0.3 is 5.97 Å². The molecule has 0 spiro atoms. The molecule has 2 heterocycles. The van der Waals surface area contributed by atoms with Crippen LogP contribution in [-0.4, -0.2) is 38.5 Å². The van der Waals surface area contributed by atoms with Crippen LogP contribution < -0.4 is 5.32 Å². The molecule has 2 aromatic rings. The molecule has 0 bridgehead atoms. The minimum atomic E-state index is -1.04. The summed E-state index contributed by atoms with van der Waals surface area (Å²) in [5.74, 6) is -1.43. The molecule has 2 rings (SSSR count). The van der Waals surface area contributed by atoms with E-state index in [1.807, 2.05) is 6.07 Å². The van der Waals surface area contributed by atoms with Gasteiger partial charge in [-0.05, 0) is 18.6 Å². The van der Waals surface area contributed by atoms with Crippen LogP contribution in [0.4, 0.5) is 0 Å². The maximum atomic E-state index is 11.7. The van der Waals surface area contributed by atoms with Crippen molar-refractivity contribution in [3.05, 3.63) is 33.2 Å². The Morgan fingerprint density at radius 2 is 2.25 bits per heavy atom. The second-order valence-corrected chi connectivity index (χ2v) is 5.71. The summed E-state index contributed by atoms with van der Waals surface area (Å²) in [6.07, 6.45) is 1.97. The summed E-state index contributed by atoms with van der Waals surface area (Å²) >= 11 is 7.27. The van der Waals surface area contributed by atoms with Crippen LogP contribution in [0.2, 0.25) is 4.34 Å². The van der Waals surface area contributed by atoms with E-state index in [9.17, 15) is 9.59 Å². The molecule has 0 aliphatic rings. The maximum absolute atomic E-state index is 11.7. The average molecular weight is 315 g/mol. The van der Waals surface area contributed by atoms with Crippen molar-refractivity contribution >= 4 is 34.8 Å². The van der Waals surface area contributed by atoms with E-state index in [1.165, 1.54) is 17.5 Å². The number of hydrogen-bond acceptors (Lipinski definition) is 5. The largest absolute Gasteiger partial charge is 0.480 e. The number of aromatic nitrogens is 3. The molecular formula is C11H11ClN4O3S. The van der Waals surface area contributed by atoms with Gasteiger partial charge in [0.25, 0.3) is 5.91 Å². The predicted octanol–water partition coefficient (Wildman–Crippen LogP) is 1.05. The van der Waals surface area contributed by atoms with Crippen LogP contribution in [0.1, 0.15) is 15.4 Å². The Kier molecular flexibility index (Phi) is 4.70. The van der Waals surface area contributed by atoms with E-state index in [0.29, 0.717) is 17.3 Å². The molecule has 0 fully saturated rings. The second-order valence-electron chi connectivity index (χ2n) is 3.91. The topological polar surface area (TPSA) is 97.1 Å². The van der Waals surface area contributed by atoms with Gasteiger partial charge in [-0.1, -0.05) is 16.8 Å². The lowest BCUT2D eigenvalue weighted by Crippen LogP contribution is -2.25. The normalized spacial score (nSPS) is 10.4. The lowest BCUT2D eigenvalue weighted by Gasteiger charge is -2.00. The smallest absolute Gasteiger partial charge is 0.325 e. The Labute approximate surface area is 123 Å². The van der Waals surface area contributed by atoms with Gasteiger partial charge in [0.15, 0.2) is 5.69 Å². The van der Waals surface area contributed by atoms with Gasteiger partial charge in [-0.3, -0.25) is 9.59 Å². The Balaban J connectivity index is 1.82. The third-order valence-corrected chi connectivity index (χ3v) is 3.65. The Hall–Kier alpha value is -1.93. The first-order valence-corrected chi connectivity index (χ1v) is 6.88.